The van der Waals surface area contributed by atoms with Gasteiger partial charge in [-0.2, -0.15) is 0 Å². The van der Waals surface area contributed by atoms with Gasteiger partial charge in [0.1, 0.15) is 11.4 Å². The van der Waals surface area contributed by atoms with E-state index in [2.05, 4.69) is 10.3 Å². The zero-order valence-electron chi connectivity index (χ0n) is 12.3. The Balaban J connectivity index is 2.37. The number of fused-ring (bicyclic) bond motifs is 1. The average molecular weight is 283 g/mol. The molecule has 21 heavy (non-hydrogen) atoms. The maximum Gasteiger partial charge on any atom is 0.270 e. The van der Waals surface area contributed by atoms with Gasteiger partial charge < -0.3 is 5.32 Å². The Morgan fingerprint density at radius 3 is 2.76 bits per heavy atom. The van der Waals surface area contributed by atoms with E-state index in [0.29, 0.717) is 17.7 Å². The van der Waals surface area contributed by atoms with Gasteiger partial charge in [0.15, 0.2) is 0 Å². The summed E-state index contributed by atoms with van der Waals surface area (Å²) in [6.07, 6.45) is 4.05. The molecular weight excluding hydrogens is 266 g/mol. The molecule has 0 fully saturated rings. The molecule has 2 aromatic heterocycles. The first kappa shape index (κ1) is 13.5. The first-order valence-electron chi connectivity index (χ1n) is 6.98. The van der Waals surface area contributed by atoms with Crippen LogP contribution in [0.15, 0.2) is 35.4 Å². The second-order valence-electron chi connectivity index (χ2n) is 5.46. The predicted octanol–water partition coefficient (Wildman–Crippen LogP) is 1.58. The lowest BCUT2D eigenvalue weighted by atomic mass is 10.0. The van der Waals surface area contributed by atoms with Crippen molar-refractivity contribution < 1.29 is 4.79 Å². The summed E-state index contributed by atoms with van der Waals surface area (Å²) in [5.74, 6) is -0.213. The molecule has 0 saturated carbocycles. The highest BCUT2D eigenvalue weighted by molar-refractivity contribution is 5.97. The van der Waals surface area contributed by atoms with Gasteiger partial charge in [-0.25, -0.2) is 0 Å². The molecule has 2 aromatic rings. The van der Waals surface area contributed by atoms with E-state index in [1.807, 2.05) is 26.0 Å². The number of aromatic nitrogens is 2. The number of hydrogen-bond acceptors (Lipinski definition) is 3. The standard InChI is InChI=1S/C16H17N3O2/c1-4-11-8-10(2)15(21)19-13(11)14(20)18-16(19,3)12-6-5-7-17-9-12/h5-9H,4H2,1-3H3,(H,18,20). The van der Waals surface area contributed by atoms with Crippen molar-refractivity contribution in [2.75, 3.05) is 0 Å². The number of hydrogen-bond donors (Lipinski definition) is 1. The molecule has 0 bridgehead atoms. The van der Waals surface area contributed by atoms with Gasteiger partial charge in [-0.1, -0.05) is 13.0 Å². The smallest absolute Gasteiger partial charge is 0.270 e. The molecule has 1 atom stereocenters. The van der Waals surface area contributed by atoms with Gasteiger partial charge in [-0.15, -0.1) is 0 Å². The Kier molecular flexibility index (Phi) is 2.93. The molecule has 1 aliphatic rings. The van der Waals surface area contributed by atoms with Gasteiger partial charge in [0, 0.05) is 23.5 Å². The van der Waals surface area contributed by atoms with Crippen molar-refractivity contribution in [2.24, 2.45) is 0 Å². The van der Waals surface area contributed by atoms with E-state index >= 15 is 0 Å². The van der Waals surface area contributed by atoms with Crippen molar-refractivity contribution in [1.82, 2.24) is 14.9 Å². The zero-order valence-corrected chi connectivity index (χ0v) is 12.3. The van der Waals surface area contributed by atoms with Gasteiger partial charge in [-0.3, -0.25) is 19.1 Å². The Bertz CT molecular complexity index is 780. The lowest BCUT2D eigenvalue weighted by Gasteiger charge is -2.27. The van der Waals surface area contributed by atoms with Crippen molar-refractivity contribution >= 4 is 5.91 Å². The van der Waals surface area contributed by atoms with Crippen LogP contribution in [0.5, 0.6) is 0 Å². The fourth-order valence-corrected chi connectivity index (χ4v) is 2.94. The quantitative estimate of drug-likeness (QED) is 0.910. The molecule has 0 aliphatic carbocycles. The Morgan fingerprint density at radius 1 is 1.38 bits per heavy atom. The molecule has 1 unspecified atom stereocenters. The fraction of sp³-hybridized carbons (Fsp3) is 0.312. The second-order valence-corrected chi connectivity index (χ2v) is 5.46. The van der Waals surface area contributed by atoms with Gasteiger partial charge in [0.2, 0.25) is 0 Å². The lowest BCUT2D eigenvalue weighted by molar-refractivity contribution is 0.0940. The monoisotopic (exact) mass is 283 g/mol. The van der Waals surface area contributed by atoms with E-state index < -0.39 is 5.66 Å². The molecule has 0 radical (unpaired) electrons. The van der Waals surface area contributed by atoms with Gasteiger partial charge >= 0.3 is 0 Å². The summed E-state index contributed by atoms with van der Waals surface area (Å²) in [5.41, 5.74) is 1.73. The van der Waals surface area contributed by atoms with Crippen LogP contribution in [0.1, 0.15) is 41.0 Å². The predicted molar refractivity (Wildman–Crippen MR) is 79.3 cm³/mol. The lowest BCUT2D eigenvalue weighted by Crippen LogP contribution is -2.46. The van der Waals surface area contributed by atoms with Crippen LogP contribution in [0.3, 0.4) is 0 Å². The van der Waals surface area contributed by atoms with Gasteiger partial charge in [0.25, 0.3) is 11.5 Å². The van der Waals surface area contributed by atoms with Gasteiger partial charge in [0.05, 0.1) is 0 Å². The normalized spacial score (nSPS) is 20.2. The van der Waals surface area contributed by atoms with E-state index in [1.165, 1.54) is 0 Å². The number of nitrogens with one attached hydrogen (secondary N) is 1. The topological polar surface area (TPSA) is 64.0 Å². The Hall–Kier alpha value is -2.43. The molecule has 1 aliphatic heterocycles. The van der Waals surface area contributed by atoms with Crippen molar-refractivity contribution in [2.45, 2.75) is 32.9 Å². The SMILES string of the molecule is CCc1cc(C)c(=O)n2c1C(=O)NC2(C)c1cccnc1. The number of carbonyl (C=O) groups is 1. The summed E-state index contributed by atoms with van der Waals surface area (Å²) >= 11 is 0. The number of rotatable bonds is 2. The minimum Gasteiger partial charge on any atom is -0.324 e. The summed E-state index contributed by atoms with van der Waals surface area (Å²) in [6.45, 7) is 5.59. The molecule has 5 nitrogen and oxygen atoms in total. The van der Waals surface area contributed by atoms with E-state index in [0.717, 1.165) is 11.1 Å². The largest absolute Gasteiger partial charge is 0.324 e. The molecular formula is C16H17N3O2. The summed E-state index contributed by atoms with van der Waals surface area (Å²) in [5, 5.41) is 2.94. The van der Waals surface area contributed by atoms with Crippen LogP contribution in [0.2, 0.25) is 0 Å². The molecule has 1 N–H and O–H groups in total. The van der Waals surface area contributed by atoms with E-state index in [-0.39, 0.29) is 11.5 Å². The number of pyridine rings is 2. The minimum absolute atomic E-state index is 0.146. The van der Waals surface area contributed by atoms with Crippen molar-refractivity contribution in [3.8, 4) is 0 Å². The highest BCUT2D eigenvalue weighted by Gasteiger charge is 2.42. The molecule has 1 amide bonds. The van der Waals surface area contributed by atoms with Crippen LogP contribution in [-0.4, -0.2) is 15.5 Å². The molecule has 0 saturated heterocycles. The molecule has 0 aromatic carbocycles. The van der Waals surface area contributed by atoms with Crippen molar-refractivity contribution in [3.63, 3.8) is 0 Å². The summed E-state index contributed by atoms with van der Waals surface area (Å²) in [7, 11) is 0. The van der Waals surface area contributed by atoms with Crippen molar-refractivity contribution in [3.05, 3.63) is 63.3 Å². The second kappa shape index (κ2) is 4.55. The number of carbonyl (C=O) groups excluding carboxylic acids is 1. The minimum atomic E-state index is -0.895. The third-order valence-corrected chi connectivity index (χ3v) is 4.08. The molecule has 3 heterocycles. The third kappa shape index (κ3) is 1.81. The first-order chi connectivity index (χ1) is 9.99. The van der Waals surface area contributed by atoms with Crippen LogP contribution in [-0.2, 0) is 12.1 Å². The van der Waals surface area contributed by atoms with Crippen molar-refractivity contribution in [1.29, 1.82) is 0 Å². The summed E-state index contributed by atoms with van der Waals surface area (Å²) in [4.78, 5) is 29.1. The highest BCUT2D eigenvalue weighted by Crippen LogP contribution is 2.30. The third-order valence-electron chi connectivity index (χ3n) is 4.08. The van der Waals surface area contributed by atoms with Crippen LogP contribution in [0.4, 0.5) is 0 Å². The van der Waals surface area contributed by atoms with Gasteiger partial charge in [-0.05, 0) is 38.0 Å². The molecule has 108 valence electrons. The maximum atomic E-state index is 12.6. The summed E-state index contributed by atoms with van der Waals surface area (Å²) in [6, 6.07) is 5.47. The molecule has 5 heteroatoms. The molecule has 0 spiro atoms. The number of amides is 1. The average Bonchev–Trinajstić information content (AvgIpc) is 2.77. The Morgan fingerprint density at radius 2 is 2.14 bits per heavy atom. The van der Waals surface area contributed by atoms with Crippen LogP contribution in [0, 0.1) is 6.92 Å². The molecule has 3 rings (SSSR count). The maximum absolute atomic E-state index is 12.6. The van der Waals surface area contributed by atoms with E-state index in [4.69, 9.17) is 0 Å². The Labute approximate surface area is 122 Å². The highest BCUT2D eigenvalue weighted by atomic mass is 16.2. The number of nitrogens with zero attached hydrogens (tertiary/aromatic N) is 2. The van der Waals surface area contributed by atoms with E-state index in [9.17, 15) is 9.59 Å². The fourth-order valence-electron chi connectivity index (χ4n) is 2.94. The number of aryl methyl sites for hydroxylation is 2. The van der Waals surface area contributed by atoms with Crippen LogP contribution >= 0.6 is 0 Å². The van der Waals surface area contributed by atoms with E-state index in [1.54, 1.807) is 30.0 Å². The zero-order chi connectivity index (χ0) is 15.2. The van der Waals surface area contributed by atoms with Crippen LogP contribution in [0.25, 0.3) is 0 Å². The van der Waals surface area contributed by atoms with Crippen LogP contribution < -0.4 is 10.9 Å². The first-order valence-corrected chi connectivity index (χ1v) is 6.98. The summed E-state index contributed by atoms with van der Waals surface area (Å²) < 4.78 is 1.57.